The monoisotopic (exact) mass is 460 g/mol. The van der Waals surface area contributed by atoms with Crippen molar-refractivity contribution in [3.05, 3.63) is 70.1 Å². The number of anilines is 2. The van der Waals surface area contributed by atoms with E-state index < -0.39 is 17.9 Å². The van der Waals surface area contributed by atoms with Crippen LogP contribution in [0.25, 0.3) is 0 Å². The molecule has 0 unspecified atom stereocenters. The van der Waals surface area contributed by atoms with Crippen LogP contribution in [0.5, 0.6) is 0 Å². The quantitative estimate of drug-likeness (QED) is 0.220. The molecule has 0 aromatic heterocycles. The van der Waals surface area contributed by atoms with E-state index in [2.05, 4.69) is 10.6 Å². The highest BCUT2D eigenvalue weighted by Gasteiger charge is 2.21. The van der Waals surface area contributed by atoms with Crippen molar-refractivity contribution >= 4 is 29.2 Å². The molecule has 0 aliphatic rings. The summed E-state index contributed by atoms with van der Waals surface area (Å²) in [6.45, 7) is 0.310. The first-order valence-corrected chi connectivity index (χ1v) is 9.92. The Morgan fingerprint density at radius 3 is 1.82 bits per heavy atom. The predicted molar refractivity (Wildman–Crippen MR) is 118 cm³/mol. The molecule has 0 spiro atoms. The molecule has 0 saturated heterocycles. The van der Waals surface area contributed by atoms with E-state index in [4.69, 9.17) is 15.2 Å². The van der Waals surface area contributed by atoms with E-state index in [1.54, 1.807) is 0 Å². The maximum atomic E-state index is 12.4. The van der Waals surface area contributed by atoms with Crippen LogP contribution in [0, 0.1) is 10.4 Å². The zero-order chi connectivity index (χ0) is 24.4. The van der Waals surface area contributed by atoms with Crippen LogP contribution in [0.2, 0.25) is 0 Å². The Balaban J connectivity index is 1.81. The van der Waals surface area contributed by atoms with Gasteiger partial charge in [0, 0.05) is 17.7 Å². The minimum absolute atomic E-state index is 0.000771. The Kier molecular flexibility index (Phi) is 9.57. The number of carbonyl (C=O) groups excluding carboxylic acids is 3. The molecule has 178 valence electrons. The summed E-state index contributed by atoms with van der Waals surface area (Å²) >= 11 is 0. The Morgan fingerprint density at radius 1 is 0.879 bits per heavy atom. The molecule has 0 saturated carbocycles. The lowest BCUT2D eigenvalue weighted by Gasteiger charge is -2.21. The van der Waals surface area contributed by atoms with E-state index in [0.29, 0.717) is 24.9 Å². The molecule has 12 nitrogen and oxygen atoms in total. The van der Waals surface area contributed by atoms with Gasteiger partial charge in [0.1, 0.15) is 6.04 Å². The van der Waals surface area contributed by atoms with Crippen LogP contribution in [-0.4, -0.2) is 47.9 Å². The van der Waals surface area contributed by atoms with Crippen LogP contribution >= 0.6 is 0 Å². The highest BCUT2D eigenvalue weighted by molar-refractivity contribution is 5.97. The maximum Gasteiger partial charge on any atom is 0.328 e. The topological polar surface area (TPSA) is 178 Å². The number of unbranched alkanes of at least 4 members (excludes halogenated alkanes) is 1. The Hall–Kier alpha value is -3.71. The molecule has 2 rings (SSSR count). The van der Waals surface area contributed by atoms with Gasteiger partial charge in [-0.05, 0) is 67.8 Å². The van der Waals surface area contributed by atoms with Gasteiger partial charge >= 0.3 is 5.97 Å². The average Bonchev–Trinajstić information content (AvgIpc) is 2.82. The summed E-state index contributed by atoms with van der Waals surface area (Å²) in [6.07, 6.45) is 1.27. The molecular formula is C21H24N4O8-2. The number of esters is 1. The van der Waals surface area contributed by atoms with Crippen molar-refractivity contribution < 1.29 is 29.5 Å². The second-order valence-electron chi connectivity index (χ2n) is 6.94. The maximum absolute atomic E-state index is 12.4. The lowest BCUT2D eigenvalue weighted by Crippen LogP contribution is -2.41. The van der Waals surface area contributed by atoms with Gasteiger partial charge in [-0.15, -0.1) is 0 Å². The summed E-state index contributed by atoms with van der Waals surface area (Å²) in [4.78, 5) is 36.5. The minimum Gasteiger partial charge on any atom is -0.733 e. The first-order valence-electron chi connectivity index (χ1n) is 9.92. The summed E-state index contributed by atoms with van der Waals surface area (Å²) in [5.74, 6) is -1.54. The Morgan fingerprint density at radius 2 is 1.36 bits per heavy atom. The standard InChI is InChI=1S/C21H24N4O8/c1-33-21(28)18(23-20(27)15-7-11-17(12-8-15)25(31)32)4-2-3-13-22-19(26)14-5-9-16(10-6-14)24(29)30/h5-12,18,29,31H,2-4,13H2,1H3,(H,22,26)(H,23,27)/q-2/t18-/m0/s1. The average molecular weight is 460 g/mol. The number of nitrogens with one attached hydrogen (secondary N) is 2. The van der Waals surface area contributed by atoms with E-state index in [9.17, 15) is 24.8 Å². The van der Waals surface area contributed by atoms with Gasteiger partial charge in [-0.25, -0.2) is 4.79 Å². The van der Waals surface area contributed by atoms with Crippen LogP contribution in [0.4, 0.5) is 11.4 Å². The Bertz CT molecular complexity index is 932. The minimum atomic E-state index is -0.909. The smallest absolute Gasteiger partial charge is 0.328 e. The second kappa shape index (κ2) is 12.4. The number of carbonyl (C=O) groups is 3. The number of hydrogen-bond acceptors (Lipinski definition) is 10. The van der Waals surface area contributed by atoms with Crippen molar-refractivity contribution in [3.8, 4) is 0 Å². The third-order valence-electron chi connectivity index (χ3n) is 4.70. The molecule has 2 aromatic carbocycles. The number of nitrogens with zero attached hydrogens (tertiary/aromatic N) is 2. The zero-order valence-electron chi connectivity index (χ0n) is 17.8. The largest absolute Gasteiger partial charge is 0.733 e. The van der Waals surface area contributed by atoms with Crippen molar-refractivity contribution in [3.63, 3.8) is 0 Å². The first kappa shape index (κ1) is 25.5. The van der Waals surface area contributed by atoms with Crippen LogP contribution in [0.1, 0.15) is 40.0 Å². The number of amides is 2. The molecule has 0 fully saturated rings. The van der Waals surface area contributed by atoms with E-state index in [1.165, 1.54) is 55.6 Å². The number of ether oxygens (including phenoxy) is 1. The van der Waals surface area contributed by atoms with Crippen LogP contribution in [0.15, 0.2) is 48.5 Å². The highest BCUT2D eigenvalue weighted by Crippen LogP contribution is 2.14. The number of methoxy groups -OCH3 is 1. The van der Waals surface area contributed by atoms with Crippen molar-refractivity contribution in [2.45, 2.75) is 25.3 Å². The summed E-state index contributed by atoms with van der Waals surface area (Å²) in [5, 5.41) is 43.9. The fourth-order valence-corrected chi connectivity index (χ4v) is 2.89. The van der Waals surface area contributed by atoms with Gasteiger partial charge in [-0.3, -0.25) is 20.0 Å². The van der Waals surface area contributed by atoms with Gasteiger partial charge in [0.2, 0.25) is 0 Å². The first-order chi connectivity index (χ1) is 15.7. The summed E-state index contributed by atoms with van der Waals surface area (Å²) in [7, 11) is 1.20. The zero-order valence-corrected chi connectivity index (χ0v) is 17.8. The molecule has 33 heavy (non-hydrogen) atoms. The Labute approximate surface area is 189 Å². The fraction of sp³-hybridized carbons (Fsp3) is 0.286. The van der Waals surface area contributed by atoms with Gasteiger partial charge in [-0.1, -0.05) is 0 Å². The molecule has 2 aromatic rings. The summed E-state index contributed by atoms with van der Waals surface area (Å²) in [5.41, 5.74) is 0.454. The predicted octanol–water partition coefficient (Wildman–Crippen LogP) is 1.95. The number of benzene rings is 2. The summed E-state index contributed by atoms with van der Waals surface area (Å²) < 4.78 is 4.73. The molecule has 0 bridgehead atoms. The van der Waals surface area contributed by atoms with Gasteiger partial charge in [0.25, 0.3) is 11.8 Å². The van der Waals surface area contributed by atoms with E-state index in [0.717, 1.165) is 0 Å². The van der Waals surface area contributed by atoms with Crippen LogP contribution in [0.3, 0.4) is 0 Å². The molecule has 0 heterocycles. The van der Waals surface area contributed by atoms with Crippen molar-refractivity contribution in [1.29, 1.82) is 0 Å². The molecule has 0 radical (unpaired) electrons. The molecule has 0 aliphatic heterocycles. The van der Waals surface area contributed by atoms with Gasteiger partial charge in [0.05, 0.1) is 18.5 Å². The summed E-state index contributed by atoms with van der Waals surface area (Å²) in [6, 6.07) is 9.67. The lowest BCUT2D eigenvalue weighted by atomic mass is 10.1. The molecular weight excluding hydrogens is 436 g/mol. The lowest BCUT2D eigenvalue weighted by molar-refractivity contribution is -0.143. The van der Waals surface area contributed by atoms with Crippen LogP contribution in [-0.2, 0) is 9.53 Å². The molecule has 4 N–H and O–H groups in total. The van der Waals surface area contributed by atoms with Crippen molar-refractivity contribution in [2.75, 3.05) is 24.1 Å². The number of rotatable bonds is 11. The third-order valence-corrected chi connectivity index (χ3v) is 4.70. The van der Waals surface area contributed by atoms with E-state index in [1.807, 2.05) is 0 Å². The SMILES string of the molecule is COC(=O)[C@H](CCCCNC(=O)c1ccc(N([O-])O)cc1)NC(=O)c1ccc(N([O-])O)cc1. The molecule has 0 aliphatic carbocycles. The van der Waals surface area contributed by atoms with E-state index in [-0.39, 0.29) is 39.7 Å². The van der Waals surface area contributed by atoms with Crippen LogP contribution < -0.4 is 21.1 Å². The molecule has 12 heteroatoms. The fourth-order valence-electron chi connectivity index (χ4n) is 2.89. The van der Waals surface area contributed by atoms with Crippen molar-refractivity contribution in [2.24, 2.45) is 0 Å². The van der Waals surface area contributed by atoms with E-state index >= 15 is 0 Å². The van der Waals surface area contributed by atoms with Gasteiger partial charge in [-0.2, -0.15) is 0 Å². The van der Waals surface area contributed by atoms with Crippen molar-refractivity contribution in [1.82, 2.24) is 10.6 Å². The normalized spacial score (nSPS) is 11.3. The molecule has 1 atom stereocenters. The molecule has 2 amide bonds. The van der Waals surface area contributed by atoms with Gasteiger partial charge in [0.15, 0.2) is 0 Å². The number of hydrogen-bond donors (Lipinski definition) is 4. The third kappa shape index (κ3) is 7.73. The highest BCUT2D eigenvalue weighted by atomic mass is 16.8. The van der Waals surface area contributed by atoms with Gasteiger partial charge < -0.3 is 36.2 Å². The second-order valence-corrected chi connectivity index (χ2v) is 6.94.